The van der Waals surface area contributed by atoms with Crippen molar-refractivity contribution in [1.29, 1.82) is 0 Å². The van der Waals surface area contributed by atoms with Crippen LogP contribution in [0.25, 0.3) is 0 Å². The van der Waals surface area contributed by atoms with E-state index >= 15 is 0 Å². The second kappa shape index (κ2) is 19.9. The average Bonchev–Trinajstić information content (AvgIpc) is 2.98. The SMILES string of the molecule is C[C@H](NC(=O)OCc1ccccc1)C(=O)NCCCCCCCCCNC(=O)[C@H](C)NC(=O)OCc1ccccc1. The maximum Gasteiger partial charge on any atom is 0.408 e. The van der Waals surface area contributed by atoms with E-state index in [0.29, 0.717) is 13.1 Å². The van der Waals surface area contributed by atoms with Gasteiger partial charge in [-0.25, -0.2) is 9.59 Å². The number of ether oxygens (including phenoxy) is 2. The van der Waals surface area contributed by atoms with E-state index in [1.54, 1.807) is 13.8 Å². The first-order valence-electron chi connectivity index (χ1n) is 14.3. The van der Waals surface area contributed by atoms with Crippen molar-refractivity contribution in [1.82, 2.24) is 21.3 Å². The van der Waals surface area contributed by atoms with Crippen molar-refractivity contribution in [3.05, 3.63) is 71.8 Å². The molecule has 0 saturated carbocycles. The van der Waals surface area contributed by atoms with Gasteiger partial charge in [0.2, 0.25) is 11.8 Å². The number of hydrogen-bond donors (Lipinski definition) is 4. The molecule has 10 nitrogen and oxygen atoms in total. The standard InChI is InChI=1S/C31H44N4O6/c1-24(34-30(38)40-22-26-16-10-8-11-17-26)28(36)32-20-14-6-4-3-5-7-15-21-33-29(37)25(2)35-31(39)41-23-27-18-12-9-13-19-27/h8-13,16-19,24-25H,3-7,14-15,20-23H2,1-2H3,(H,32,36)(H,33,37)(H,34,38)(H,35,39)/t24-,25-/m0/s1. The summed E-state index contributed by atoms with van der Waals surface area (Å²) in [7, 11) is 0. The zero-order chi connectivity index (χ0) is 29.7. The quantitative estimate of drug-likeness (QED) is 0.195. The molecule has 0 heterocycles. The molecule has 0 aliphatic heterocycles. The molecule has 4 amide bonds. The number of carbonyl (C=O) groups is 4. The lowest BCUT2D eigenvalue weighted by Gasteiger charge is -2.14. The Bertz CT molecular complexity index is 968. The van der Waals surface area contributed by atoms with Gasteiger partial charge in [-0.1, -0.05) is 92.8 Å². The molecule has 0 spiro atoms. The molecule has 2 aromatic carbocycles. The molecule has 0 aliphatic rings. The van der Waals surface area contributed by atoms with Crippen LogP contribution in [0, 0.1) is 0 Å². The van der Waals surface area contributed by atoms with Gasteiger partial charge in [0.15, 0.2) is 0 Å². The summed E-state index contributed by atoms with van der Waals surface area (Å²) < 4.78 is 10.3. The summed E-state index contributed by atoms with van der Waals surface area (Å²) in [6.45, 7) is 4.67. The number of hydrogen-bond acceptors (Lipinski definition) is 6. The van der Waals surface area contributed by atoms with Crippen molar-refractivity contribution in [2.24, 2.45) is 0 Å². The summed E-state index contributed by atoms with van der Waals surface area (Å²) >= 11 is 0. The van der Waals surface area contributed by atoms with E-state index < -0.39 is 24.3 Å². The molecule has 0 aliphatic carbocycles. The van der Waals surface area contributed by atoms with Crippen LogP contribution in [0.4, 0.5) is 9.59 Å². The van der Waals surface area contributed by atoms with Gasteiger partial charge in [-0.15, -0.1) is 0 Å². The molecule has 10 heteroatoms. The summed E-state index contributed by atoms with van der Waals surface area (Å²) in [5, 5.41) is 10.8. The maximum absolute atomic E-state index is 12.2. The van der Waals surface area contributed by atoms with Crippen molar-refractivity contribution in [2.75, 3.05) is 13.1 Å². The van der Waals surface area contributed by atoms with Crippen molar-refractivity contribution >= 4 is 24.0 Å². The Hall–Kier alpha value is -4.08. The van der Waals surface area contributed by atoms with Gasteiger partial charge < -0.3 is 30.7 Å². The molecule has 2 rings (SSSR count). The van der Waals surface area contributed by atoms with Crippen LogP contribution in [0.5, 0.6) is 0 Å². The van der Waals surface area contributed by atoms with Crippen molar-refractivity contribution in [3.63, 3.8) is 0 Å². The van der Waals surface area contributed by atoms with Gasteiger partial charge in [0.1, 0.15) is 25.3 Å². The second-order valence-corrected chi connectivity index (χ2v) is 9.91. The number of rotatable bonds is 18. The molecule has 0 radical (unpaired) electrons. The Kier molecular flexibility index (Phi) is 16.1. The summed E-state index contributed by atoms with van der Waals surface area (Å²) in [6.07, 6.45) is 5.70. The maximum atomic E-state index is 12.2. The predicted octanol–water partition coefficient (Wildman–Crippen LogP) is 4.58. The Morgan fingerprint density at radius 2 is 0.902 bits per heavy atom. The van der Waals surface area contributed by atoms with Crippen LogP contribution >= 0.6 is 0 Å². The third-order valence-electron chi connectivity index (χ3n) is 6.33. The largest absolute Gasteiger partial charge is 0.445 e. The van der Waals surface area contributed by atoms with E-state index in [1.165, 1.54) is 0 Å². The number of nitrogens with one attached hydrogen (secondary N) is 4. The first kappa shape index (κ1) is 33.1. The predicted molar refractivity (Wildman–Crippen MR) is 157 cm³/mol. The van der Waals surface area contributed by atoms with Gasteiger partial charge in [0.25, 0.3) is 0 Å². The number of unbranched alkanes of at least 4 members (excludes halogenated alkanes) is 6. The fraction of sp³-hybridized carbons (Fsp3) is 0.484. The number of benzene rings is 2. The molecular formula is C31H44N4O6. The lowest BCUT2D eigenvalue weighted by molar-refractivity contribution is -0.123. The lowest BCUT2D eigenvalue weighted by Crippen LogP contribution is -2.45. The normalized spacial score (nSPS) is 12.0. The molecular weight excluding hydrogens is 524 g/mol. The molecule has 0 unspecified atom stereocenters. The van der Waals surface area contributed by atoms with Crippen molar-refractivity contribution in [2.45, 2.75) is 84.1 Å². The Balaban J connectivity index is 1.39. The fourth-order valence-electron chi connectivity index (χ4n) is 3.88. The van der Waals surface area contributed by atoms with Crippen molar-refractivity contribution in [3.8, 4) is 0 Å². The molecule has 2 aromatic rings. The first-order chi connectivity index (χ1) is 19.8. The zero-order valence-corrected chi connectivity index (χ0v) is 24.2. The average molecular weight is 569 g/mol. The van der Waals surface area contributed by atoms with E-state index in [9.17, 15) is 19.2 Å². The second-order valence-electron chi connectivity index (χ2n) is 9.91. The molecule has 0 fully saturated rings. The molecule has 2 atom stereocenters. The highest BCUT2D eigenvalue weighted by molar-refractivity contribution is 5.85. The van der Waals surface area contributed by atoms with Crippen LogP contribution in [-0.2, 0) is 32.3 Å². The minimum atomic E-state index is -0.675. The van der Waals surface area contributed by atoms with E-state index in [0.717, 1.165) is 56.1 Å². The number of alkyl carbamates (subject to hydrolysis) is 2. The molecule has 0 bridgehead atoms. The summed E-state index contributed by atoms with van der Waals surface area (Å²) in [5.41, 5.74) is 1.76. The number of carbonyl (C=O) groups excluding carboxylic acids is 4. The van der Waals surface area contributed by atoms with E-state index in [1.807, 2.05) is 60.7 Å². The van der Waals surface area contributed by atoms with Gasteiger partial charge in [0, 0.05) is 13.1 Å². The monoisotopic (exact) mass is 568 g/mol. The minimum absolute atomic E-state index is 0.153. The van der Waals surface area contributed by atoms with Gasteiger partial charge in [-0.3, -0.25) is 9.59 Å². The Labute approximate surface area is 242 Å². The van der Waals surface area contributed by atoms with Crippen LogP contribution in [0.1, 0.15) is 69.9 Å². The van der Waals surface area contributed by atoms with Crippen LogP contribution in [0.15, 0.2) is 60.7 Å². The highest BCUT2D eigenvalue weighted by Crippen LogP contribution is 2.07. The Morgan fingerprint density at radius 1 is 0.561 bits per heavy atom. The molecule has 0 saturated heterocycles. The summed E-state index contributed by atoms with van der Waals surface area (Å²) in [4.78, 5) is 48.1. The molecule has 4 N–H and O–H groups in total. The van der Waals surface area contributed by atoms with Gasteiger partial charge >= 0.3 is 12.2 Å². The third kappa shape index (κ3) is 15.3. The first-order valence-corrected chi connectivity index (χ1v) is 14.3. The molecule has 41 heavy (non-hydrogen) atoms. The third-order valence-corrected chi connectivity index (χ3v) is 6.33. The fourth-order valence-corrected chi connectivity index (χ4v) is 3.88. The summed E-state index contributed by atoms with van der Waals surface area (Å²) in [6, 6.07) is 17.3. The summed E-state index contributed by atoms with van der Waals surface area (Å²) in [5.74, 6) is -0.477. The molecule has 224 valence electrons. The Morgan fingerprint density at radius 3 is 1.27 bits per heavy atom. The van der Waals surface area contributed by atoms with Gasteiger partial charge in [-0.2, -0.15) is 0 Å². The highest BCUT2D eigenvalue weighted by atomic mass is 16.6. The van der Waals surface area contributed by atoms with Crippen LogP contribution < -0.4 is 21.3 Å². The number of amides is 4. The smallest absolute Gasteiger partial charge is 0.408 e. The van der Waals surface area contributed by atoms with Crippen LogP contribution in [0.2, 0.25) is 0 Å². The van der Waals surface area contributed by atoms with Gasteiger partial charge in [-0.05, 0) is 37.8 Å². The lowest BCUT2D eigenvalue weighted by atomic mass is 10.1. The molecule has 0 aromatic heterocycles. The van der Waals surface area contributed by atoms with Gasteiger partial charge in [0.05, 0.1) is 0 Å². The zero-order valence-electron chi connectivity index (χ0n) is 24.2. The van der Waals surface area contributed by atoms with E-state index in [-0.39, 0.29) is 25.0 Å². The van der Waals surface area contributed by atoms with Crippen LogP contribution in [-0.4, -0.2) is 49.2 Å². The van der Waals surface area contributed by atoms with Crippen molar-refractivity contribution < 1.29 is 28.7 Å². The van der Waals surface area contributed by atoms with E-state index in [4.69, 9.17) is 9.47 Å². The topological polar surface area (TPSA) is 135 Å². The minimum Gasteiger partial charge on any atom is -0.445 e. The van der Waals surface area contributed by atoms with E-state index in [2.05, 4.69) is 21.3 Å². The highest BCUT2D eigenvalue weighted by Gasteiger charge is 2.17. The van der Waals surface area contributed by atoms with Crippen LogP contribution in [0.3, 0.4) is 0 Å².